The van der Waals surface area contributed by atoms with Crippen LogP contribution < -0.4 is 10.1 Å². The Hall–Kier alpha value is -2.25. The van der Waals surface area contributed by atoms with Crippen LogP contribution in [0.2, 0.25) is 0 Å². The first-order chi connectivity index (χ1) is 8.90. The predicted molar refractivity (Wildman–Crippen MR) is 67.8 cm³/mol. The average Bonchev–Trinajstić information content (AvgIpc) is 2.91. The molecule has 0 fully saturated rings. The van der Waals surface area contributed by atoms with Crippen LogP contribution in [0.3, 0.4) is 0 Å². The van der Waals surface area contributed by atoms with Crippen molar-refractivity contribution in [3.8, 4) is 18.1 Å². The van der Waals surface area contributed by atoms with E-state index in [9.17, 15) is 0 Å². The van der Waals surface area contributed by atoms with Gasteiger partial charge < -0.3 is 14.6 Å². The average molecular weight is 242 g/mol. The summed E-state index contributed by atoms with van der Waals surface area (Å²) in [5.74, 6) is 3.27. The molecule has 0 amide bonds. The van der Waals surface area contributed by atoms with Crippen LogP contribution in [0.25, 0.3) is 0 Å². The normalized spacial score (nSPS) is 9.94. The molecular weight excluding hydrogens is 228 g/mol. The molecule has 0 atom stereocenters. The zero-order valence-corrected chi connectivity index (χ0v) is 9.93. The molecule has 1 aromatic heterocycles. The second-order valence-corrected chi connectivity index (χ2v) is 3.69. The van der Waals surface area contributed by atoms with Gasteiger partial charge in [0.05, 0.1) is 5.69 Å². The standard InChI is InChI=1S/C14H14N2O2/c1-2-8-17-14-6-4-3-5-12(14)10-15-11-13-7-9-18-16-13/h1,3-7,9,15H,8,10-11H2. The summed E-state index contributed by atoms with van der Waals surface area (Å²) in [5.41, 5.74) is 1.94. The summed E-state index contributed by atoms with van der Waals surface area (Å²) in [4.78, 5) is 0. The van der Waals surface area contributed by atoms with Crippen LogP contribution in [0.5, 0.6) is 5.75 Å². The molecule has 0 aliphatic rings. The molecule has 0 bridgehead atoms. The maximum Gasteiger partial charge on any atom is 0.148 e. The lowest BCUT2D eigenvalue weighted by atomic mass is 10.2. The minimum absolute atomic E-state index is 0.278. The van der Waals surface area contributed by atoms with Gasteiger partial charge in [0.15, 0.2) is 0 Å². The second-order valence-electron chi connectivity index (χ2n) is 3.69. The summed E-state index contributed by atoms with van der Waals surface area (Å²) in [5, 5.41) is 7.09. The van der Waals surface area contributed by atoms with Gasteiger partial charge in [-0.05, 0) is 6.07 Å². The minimum Gasteiger partial charge on any atom is -0.481 e. The highest BCUT2D eigenvalue weighted by atomic mass is 16.5. The first-order valence-electron chi connectivity index (χ1n) is 5.64. The Bertz CT molecular complexity index is 515. The Labute approximate surface area is 106 Å². The molecule has 18 heavy (non-hydrogen) atoms. The van der Waals surface area contributed by atoms with Gasteiger partial charge >= 0.3 is 0 Å². The van der Waals surface area contributed by atoms with Crippen molar-refractivity contribution in [3.05, 3.63) is 47.9 Å². The number of nitrogens with one attached hydrogen (secondary N) is 1. The van der Waals surface area contributed by atoms with Crippen molar-refractivity contribution in [1.82, 2.24) is 10.5 Å². The molecular formula is C14H14N2O2. The largest absolute Gasteiger partial charge is 0.481 e. The molecule has 0 saturated carbocycles. The van der Waals surface area contributed by atoms with Crippen LogP contribution in [0, 0.1) is 12.3 Å². The van der Waals surface area contributed by atoms with Gasteiger partial charge in [-0.25, -0.2) is 0 Å². The zero-order chi connectivity index (χ0) is 12.6. The van der Waals surface area contributed by atoms with Gasteiger partial charge in [-0.3, -0.25) is 0 Å². The van der Waals surface area contributed by atoms with E-state index in [2.05, 4.69) is 16.4 Å². The van der Waals surface area contributed by atoms with Crippen molar-refractivity contribution in [2.45, 2.75) is 13.1 Å². The number of para-hydroxylation sites is 1. The predicted octanol–water partition coefficient (Wildman–Crippen LogP) is 1.98. The Morgan fingerprint density at radius 3 is 2.94 bits per heavy atom. The molecule has 0 unspecified atom stereocenters. The molecule has 1 aromatic carbocycles. The van der Waals surface area contributed by atoms with Crippen LogP contribution >= 0.6 is 0 Å². The van der Waals surface area contributed by atoms with E-state index >= 15 is 0 Å². The number of hydrogen-bond acceptors (Lipinski definition) is 4. The fraction of sp³-hybridized carbons (Fsp3) is 0.214. The molecule has 4 nitrogen and oxygen atoms in total. The van der Waals surface area contributed by atoms with Crippen molar-refractivity contribution >= 4 is 0 Å². The molecule has 0 radical (unpaired) electrons. The maximum absolute atomic E-state index is 5.46. The second kappa shape index (κ2) is 6.48. The summed E-state index contributed by atoms with van der Waals surface area (Å²) in [6.45, 7) is 1.62. The molecule has 2 aromatic rings. The van der Waals surface area contributed by atoms with Crippen molar-refractivity contribution in [1.29, 1.82) is 0 Å². The van der Waals surface area contributed by atoms with Crippen molar-refractivity contribution in [3.63, 3.8) is 0 Å². The highest BCUT2D eigenvalue weighted by Crippen LogP contribution is 2.17. The Morgan fingerprint density at radius 1 is 1.28 bits per heavy atom. The lowest BCUT2D eigenvalue weighted by Gasteiger charge is -2.09. The van der Waals surface area contributed by atoms with Crippen molar-refractivity contribution in [2.75, 3.05) is 6.61 Å². The molecule has 0 saturated heterocycles. The lowest BCUT2D eigenvalue weighted by Crippen LogP contribution is -2.13. The first kappa shape index (κ1) is 12.2. The van der Waals surface area contributed by atoms with Crippen LogP contribution in [-0.2, 0) is 13.1 Å². The van der Waals surface area contributed by atoms with Crippen LogP contribution in [0.4, 0.5) is 0 Å². The van der Waals surface area contributed by atoms with Gasteiger partial charge in [0.1, 0.15) is 18.6 Å². The van der Waals surface area contributed by atoms with Gasteiger partial charge in [-0.1, -0.05) is 29.3 Å². The Balaban J connectivity index is 1.90. The van der Waals surface area contributed by atoms with E-state index < -0.39 is 0 Å². The van der Waals surface area contributed by atoms with E-state index in [1.54, 1.807) is 6.26 Å². The van der Waals surface area contributed by atoms with E-state index in [0.29, 0.717) is 13.1 Å². The highest BCUT2D eigenvalue weighted by molar-refractivity contribution is 5.33. The molecule has 92 valence electrons. The third-order valence-electron chi connectivity index (χ3n) is 2.40. The number of ether oxygens (including phenoxy) is 1. The molecule has 0 aliphatic carbocycles. The highest BCUT2D eigenvalue weighted by Gasteiger charge is 2.02. The summed E-state index contributed by atoms with van der Waals surface area (Å²) in [6.07, 6.45) is 6.74. The van der Waals surface area contributed by atoms with Gasteiger partial charge in [-0.15, -0.1) is 6.42 Å². The monoisotopic (exact) mass is 242 g/mol. The fourth-order valence-corrected chi connectivity index (χ4v) is 1.56. The summed E-state index contributed by atoms with van der Waals surface area (Å²) < 4.78 is 10.2. The third kappa shape index (κ3) is 3.37. The number of hydrogen-bond donors (Lipinski definition) is 1. The quantitative estimate of drug-likeness (QED) is 0.787. The summed E-state index contributed by atoms with van der Waals surface area (Å²) >= 11 is 0. The van der Waals surface area contributed by atoms with Gasteiger partial charge in [0, 0.05) is 24.7 Å². The molecule has 2 rings (SSSR count). The van der Waals surface area contributed by atoms with E-state index in [1.807, 2.05) is 30.3 Å². The van der Waals surface area contributed by atoms with Crippen molar-refractivity contribution in [2.24, 2.45) is 0 Å². The maximum atomic E-state index is 5.46. The van der Waals surface area contributed by atoms with Gasteiger partial charge in [0.25, 0.3) is 0 Å². The van der Waals surface area contributed by atoms with Crippen LogP contribution in [0.15, 0.2) is 41.1 Å². The minimum atomic E-state index is 0.278. The Morgan fingerprint density at radius 2 is 2.17 bits per heavy atom. The van der Waals surface area contributed by atoms with E-state index in [0.717, 1.165) is 17.0 Å². The number of aromatic nitrogens is 1. The Kier molecular flexibility index (Phi) is 4.39. The number of benzene rings is 1. The van der Waals surface area contributed by atoms with E-state index in [1.165, 1.54) is 0 Å². The van der Waals surface area contributed by atoms with Gasteiger partial charge in [0.2, 0.25) is 0 Å². The molecule has 4 heteroatoms. The molecule has 0 aliphatic heterocycles. The molecule has 1 heterocycles. The fourth-order valence-electron chi connectivity index (χ4n) is 1.56. The first-order valence-corrected chi connectivity index (χ1v) is 5.64. The molecule has 1 N–H and O–H groups in total. The number of terminal acetylenes is 1. The summed E-state index contributed by atoms with van der Waals surface area (Å²) in [6, 6.07) is 9.63. The van der Waals surface area contributed by atoms with E-state index in [-0.39, 0.29) is 6.61 Å². The topological polar surface area (TPSA) is 47.3 Å². The number of rotatable bonds is 6. The SMILES string of the molecule is C#CCOc1ccccc1CNCc1ccon1. The third-order valence-corrected chi connectivity index (χ3v) is 2.40. The lowest BCUT2D eigenvalue weighted by molar-refractivity contribution is 0.364. The van der Waals surface area contributed by atoms with Crippen molar-refractivity contribution < 1.29 is 9.26 Å². The smallest absolute Gasteiger partial charge is 0.148 e. The van der Waals surface area contributed by atoms with E-state index in [4.69, 9.17) is 15.7 Å². The zero-order valence-electron chi connectivity index (χ0n) is 9.93. The number of nitrogens with zero attached hydrogens (tertiary/aromatic N) is 1. The van der Waals surface area contributed by atoms with Gasteiger partial charge in [-0.2, -0.15) is 0 Å². The van der Waals surface area contributed by atoms with Crippen LogP contribution in [-0.4, -0.2) is 11.8 Å². The molecule has 0 spiro atoms. The van der Waals surface area contributed by atoms with Crippen LogP contribution in [0.1, 0.15) is 11.3 Å². The summed E-state index contributed by atoms with van der Waals surface area (Å²) in [7, 11) is 0.